The van der Waals surface area contributed by atoms with Gasteiger partial charge in [0.1, 0.15) is 0 Å². The van der Waals surface area contributed by atoms with Crippen LogP contribution in [0.5, 0.6) is 0 Å². The minimum atomic E-state index is 0.841. The summed E-state index contributed by atoms with van der Waals surface area (Å²) in [6.45, 7) is 0. The molecule has 0 atom stereocenters. The fraction of sp³-hybridized carbons (Fsp3) is 0. The van der Waals surface area contributed by atoms with Gasteiger partial charge in [-0.3, -0.25) is 0 Å². The lowest BCUT2D eigenvalue weighted by Gasteiger charge is -2.10. The van der Waals surface area contributed by atoms with Crippen LogP contribution in [-0.2, 0) is 0 Å². The van der Waals surface area contributed by atoms with E-state index in [1.807, 2.05) is 36.4 Å². The van der Waals surface area contributed by atoms with Crippen molar-refractivity contribution in [3.05, 3.63) is 83.9 Å². The summed E-state index contributed by atoms with van der Waals surface area (Å²) in [5.41, 5.74) is 0. The van der Waals surface area contributed by atoms with Crippen LogP contribution >= 0.6 is 11.6 Å². The lowest BCUT2D eigenvalue weighted by molar-refractivity contribution is 1.74. The molecule has 0 N–H and O–H groups in total. The SMILES string of the molecule is Clc1cc2ccc3cc2c3c1.[c]1ccc2ccccc2c1. The summed E-state index contributed by atoms with van der Waals surface area (Å²) in [4.78, 5) is 0. The van der Waals surface area contributed by atoms with Gasteiger partial charge in [-0.05, 0) is 62.6 Å². The minimum absolute atomic E-state index is 0.841. The Hall–Kier alpha value is -2.31. The minimum Gasteiger partial charge on any atom is -0.0843 e. The maximum Gasteiger partial charge on any atom is 0.0418 e. The normalized spacial score (nSPS) is 11.1. The van der Waals surface area contributed by atoms with Crippen molar-refractivity contribution in [2.24, 2.45) is 0 Å². The van der Waals surface area contributed by atoms with Crippen molar-refractivity contribution in [1.29, 1.82) is 0 Å². The number of fused-ring (bicyclic) bond motifs is 2. The van der Waals surface area contributed by atoms with Gasteiger partial charge in [0.05, 0.1) is 0 Å². The second-order valence-corrected chi connectivity index (χ2v) is 5.60. The van der Waals surface area contributed by atoms with Gasteiger partial charge in [0, 0.05) is 5.02 Å². The smallest absolute Gasteiger partial charge is 0.0418 e. The molecule has 0 heterocycles. The molecule has 0 unspecified atom stereocenters. The Kier molecular flexibility index (Phi) is 2.90. The molecular formula is C20H12Cl. The van der Waals surface area contributed by atoms with Crippen LogP contribution < -0.4 is 0 Å². The third-order valence-corrected chi connectivity index (χ3v) is 4.04. The second-order valence-electron chi connectivity index (χ2n) is 5.16. The number of benzene rings is 5. The van der Waals surface area contributed by atoms with Crippen LogP contribution in [0.15, 0.2) is 72.8 Å². The topological polar surface area (TPSA) is 0 Å². The van der Waals surface area contributed by atoms with E-state index >= 15 is 0 Å². The lowest BCUT2D eigenvalue weighted by Crippen LogP contribution is -1.83. The summed E-state index contributed by atoms with van der Waals surface area (Å²) in [6.07, 6.45) is 0. The van der Waals surface area contributed by atoms with E-state index in [0.29, 0.717) is 0 Å². The van der Waals surface area contributed by atoms with Crippen LogP contribution in [0.1, 0.15) is 0 Å². The van der Waals surface area contributed by atoms with Crippen molar-refractivity contribution >= 4 is 43.9 Å². The Morgan fingerprint density at radius 2 is 1.38 bits per heavy atom. The third kappa shape index (κ3) is 2.18. The predicted octanol–water partition coefficient (Wildman–Crippen LogP) is 6.16. The van der Waals surface area contributed by atoms with Crippen molar-refractivity contribution in [1.82, 2.24) is 0 Å². The van der Waals surface area contributed by atoms with Crippen LogP contribution in [0.2, 0.25) is 5.02 Å². The Morgan fingerprint density at radius 3 is 2.10 bits per heavy atom. The van der Waals surface area contributed by atoms with E-state index in [0.717, 1.165) is 5.02 Å². The van der Waals surface area contributed by atoms with E-state index < -0.39 is 0 Å². The van der Waals surface area contributed by atoms with Crippen LogP contribution in [0.25, 0.3) is 32.3 Å². The first kappa shape index (κ1) is 12.4. The van der Waals surface area contributed by atoms with Crippen LogP contribution in [-0.4, -0.2) is 0 Å². The molecule has 21 heavy (non-hydrogen) atoms. The third-order valence-electron chi connectivity index (χ3n) is 3.82. The molecule has 0 aliphatic carbocycles. The number of rotatable bonds is 0. The highest BCUT2D eigenvalue weighted by Crippen LogP contribution is 2.35. The lowest BCUT2D eigenvalue weighted by atomic mass is 9.95. The maximum absolute atomic E-state index is 5.89. The standard InChI is InChI=1S/C10H5Cl.C10H7/c11-8-3-6-1-2-7-4-9(6)10(7)5-8;1-2-6-10-8-4-3-7-9(10)5-1/h1-5H;1-3,5-8H. The Bertz CT molecular complexity index is 911. The Labute approximate surface area is 128 Å². The van der Waals surface area contributed by atoms with Crippen LogP contribution in [0.3, 0.4) is 0 Å². The highest BCUT2D eigenvalue weighted by Gasteiger charge is 2.07. The number of hydrogen-bond donors (Lipinski definition) is 0. The van der Waals surface area contributed by atoms with E-state index in [1.165, 1.54) is 32.3 Å². The molecule has 0 fully saturated rings. The molecule has 6 aromatic rings. The quantitative estimate of drug-likeness (QED) is 0.320. The molecule has 0 spiro atoms. The monoisotopic (exact) mass is 287 g/mol. The molecule has 99 valence electrons. The summed E-state index contributed by atoms with van der Waals surface area (Å²) < 4.78 is 0. The Morgan fingerprint density at radius 1 is 0.667 bits per heavy atom. The molecule has 0 aromatic heterocycles. The average molecular weight is 288 g/mol. The first-order valence-electron chi connectivity index (χ1n) is 6.90. The summed E-state index contributed by atoms with van der Waals surface area (Å²) in [6, 6.07) is 27.8. The van der Waals surface area contributed by atoms with E-state index in [-0.39, 0.29) is 0 Å². The Balaban J connectivity index is 0.000000110. The van der Waals surface area contributed by atoms with Crippen molar-refractivity contribution in [2.75, 3.05) is 0 Å². The van der Waals surface area contributed by atoms with Crippen LogP contribution in [0.4, 0.5) is 0 Å². The number of halogens is 1. The molecule has 6 rings (SSSR count). The van der Waals surface area contributed by atoms with E-state index in [1.54, 1.807) is 0 Å². The zero-order chi connectivity index (χ0) is 14.2. The summed E-state index contributed by atoms with van der Waals surface area (Å²) in [5, 5.41) is 8.61. The van der Waals surface area contributed by atoms with Gasteiger partial charge in [0.2, 0.25) is 0 Å². The largest absolute Gasteiger partial charge is 0.0843 e. The zero-order valence-corrected chi connectivity index (χ0v) is 12.1. The van der Waals surface area contributed by atoms with E-state index in [2.05, 4.69) is 42.5 Å². The molecule has 1 heteroatoms. The van der Waals surface area contributed by atoms with Gasteiger partial charge in [-0.15, -0.1) is 0 Å². The zero-order valence-electron chi connectivity index (χ0n) is 11.3. The molecule has 0 aliphatic rings. The maximum atomic E-state index is 5.89. The molecule has 0 saturated heterocycles. The highest BCUT2D eigenvalue weighted by molar-refractivity contribution is 6.33. The molecule has 6 aromatic carbocycles. The van der Waals surface area contributed by atoms with E-state index in [4.69, 9.17) is 11.6 Å². The molecule has 0 aliphatic heterocycles. The molecule has 4 bridgehead atoms. The predicted molar refractivity (Wildman–Crippen MR) is 91.6 cm³/mol. The van der Waals surface area contributed by atoms with Gasteiger partial charge in [-0.1, -0.05) is 60.1 Å². The van der Waals surface area contributed by atoms with Gasteiger partial charge < -0.3 is 0 Å². The highest BCUT2D eigenvalue weighted by atomic mass is 35.5. The summed E-state index contributed by atoms with van der Waals surface area (Å²) in [5.74, 6) is 0. The van der Waals surface area contributed by atoms with Gasteiger partial charge >= 0.3 is 0 Å². The first-order valence-corrected chi connectivity index (χ1v) is 7.28. The van der Waals surface area contributed by atoms with Crippen molar-refractivity contribution < 1.29 is 0 Å². The molecule has 0 nitrogen and oxygen atoms in total. The van der Waals surface area contributed by atoms with Crippen molar-refractivity contribution in [3.63, 3.8) is 0 Å². The van der Waals surface area contributed by atoms with Crippen molar-refractivity contribution in [3.8, 4) is 0 Å². The van der Waals surface area contributed by atoms with Gasteiger partial charge in [0.15, 0.2) is 0 Å². The average Bonchev–Trinajstić information content (AvgIpc) is 2.52. The molecular weight excluding hydrogens is 276 g/mol. The second kappa shape index (κ2) is 4.91. The van der Waals surface area contributed by atoms with Crippen molar-refractivity contribution in [2.45, 2.75) is 0 Å². The summed E-state index contributed by atoms with van der Waals surface area (Å²) in [7, 11) is 0. The first-order chi connectivity index (χ1) is 10.3. The molecule has 1 radical (unpaired) electrons. The van der Waals surface area contributed by atoms with Gasteiger partial charge in [-0.2, -0.15) is 0 Å². The number of hydrogen-bond acceptors (Lipinski definition) is 0. The van der Waals surface area contributed by atoms with Crippen LogP contribution in [0, 0.1) is 6.07 Å². The molecule has 0 amide bonds. The van der Waals surface area contributed by atoms with Gasteiger partial charge in [-0.25, -0.2) is 0 Å². The fourth-order valence-electron chi connectivity index (χ4n) is 2.72. The van der Waals surface area contributed by atoms with Gasteiger partial charge in [0.25, 0.3) is 0 Å². The molecule has 0 saturated carbocycles. The summed E-state index contributed by atoms with van der Waals surface area (Å²) >= 11 is 5.89. The fourth-order valence-corrected chi connectivity index (χ4v) is 2.95. The van der Waals surface area contributed by atoms with E-state index in [9.17, 15) is 0 Å².